The van der Waals surface area contributed by atoms with Crippen LogP contribution in [0.4, 0.5) is 10.1 Å². The number of hydrogen-bond acceptors (Lipinski definition) is 4. The van der Waals surface area contributed by atoms with Crippen LogP contribution in [0.5, 0.6) is 0 Å². The summed E-state index contributed by atoms with van der Waals surface area (Å²) in [5, 5.41) is 19.1. The summed E-state index contributed by atoms with van der Waals surface area (Å²) in [7, 11) is 1.42. The van der Waals surface area contributed by atoms with Crippen molar-refractivity contribution in [3.8, 4) is 6.07 Å². The van der Waals surface area contributed by atoms with Crippen LogP contribution in [0.3, 0.4) is 0 Å². The highest BCUT2D eigenvalue weighted by atomic mass is 19.1. The molecule has 0 bridgehead atoms. The Morgan fingerprint density at radius 3 is 2.83 bits per heavy atom. The second kappa shape index (κ2) is 5.72. The lowest BCUT2D eigenvalue weighted by Crippen LogP contribution is -2.28. The maximum Gasteiger partial charge on any atom is 0.285 e. The predicted octanol–water partition coefficient (Wildman–Crippen LogP) is 1.72. The van der Waals surface area contributed by atoms with E-state index in [1.165, 1.54) is 11.9 Å². The average molecular weight is 251 g/mol. The molecule has 0 aromatic heterocycles. The molecule has 0 unspecified atom stereocenters. The SMILES string of the molecule is CN(CCC#N)C(=O)c1ccc(F)cc1[N+](=O)[O-]. The number of halogens is 1. The number of nitrogens with zero attached hydrogens (tertiary/aromatic N) is 3. The van der Waals surface area contributed by atoms with Gasteiger partial charge in [0.05, 0.1) is 23.5 Å². The molecule has 0 aliphatic heterocycles. The summed E-state index contributed by atoms with van der Waals surface area (Å²) in [6.45, 7) is 0.157. The molecule has 0 fully saturated rings. The molecule has 0 saturated heterocycles. The van der Waals surface area contributed by atoms with Crippen LogP contribution < -0.4 is 0 Å². The predicted molar refractivity (Wildman–Crippen MR) is 60.2 cm³/mol. The molecule has 18 heavy (non-hydrogen) atoms. The topological polar surface area (TPSA) is 87.2 Å². The summed E-state index contributed by atoms with van der Waals surface area (Å²) in [6, 6.07) is 4.62. The van der Waals surface area contributed by atoms with Crippen molar-refractivity contribution in [2.24, 2.45) is 0 Å². The molecule has 6 nitrogen and oxygen atoms in total. The lowest BCUT2D eigenvalue weighted by atomic mass is 10.1. The number of benzene rings is 1. The lowest BCUT2D eigenvalue weighted by Gasteiger charge is -2.15. The van der Waals surface area contributed by atoms with Crippen LogP contribution in [0.1, 0.15) is 16.8 Å². The molecule has 0 N–H and O–H groups in total. The fourth-order valence-corrected chi connectivity index (χ4v) is 1.36. The normalized spacial score (nSPS) is 9.61. The monoisotopic (exact) mass is 251 g/mol. The first-order chi connectivity index (χ1) is 8.47. The Hall–Kier alpha value is -2.49. The van der Waals surface area contributed by atoms with Gasteiger partial charge in [0.15, 0.2) is 0 Å². The highest BCUT2D eigenvalue weighted by Crippen LogP contribution is 2.21. The van der Waals surface area contributed by atoms with Crippen LogP contribution in [-0.4, -0.2) is 29.3 Å². The molecular formula is C11H10FN3O3. The van der Waals surface area contributed by atoms with Crippen molar-refractivity contribution in [3.63, 3.8) is 0 Å². The molecule has 0 heterocycles. The molecule has 0 aliphatic carbocycles. The second-order valence-corrected chi connectivity index (χ2v) is 3.55. The number of nitriles is 1. The van der Waals surface area contributed by atoms with E-state index in [1.807, 2.05) is 6.07 Å². The van der Waals surface area contributed by atoms with E-state index in [0.717, 1.165) is 12.1 Å². The van der Waals surface area contributed by atoms with Crippen molar-refractivity contribution in [2.75, 3.05) is 13.6 Å². The van der Waals surface area contributed by atoms with Gasteiger partial charge in [-0.2, -0.15) is 5.26 Å². The van der Waals surface area contributed by atoms with E-state index in [2.05, 4.69) is 0 Å². The van der Waals surface area contributed by atoms with E-state index >= 15 is 0 Å². The van der Waals surface area contributed by atoms with Gasteiger partial charge in [-0.05, 0) is 12.1 Å². The molecule has 1 aromatic rings. The molecule has 0 aliphatic rings. The summed E-state index contributed by atoms with van der Waals surface area (Å²) in [5.41, 5.74) is -0.773. The van der Waals surface area contributed by atoms with Gasteiger partial charge >= 0.3 is 0 Å². The standard InChI is InChI=1S/C11H10FN3O3/c1-14(6-2-5-13)11(16)9-4-3-8(12)7-10(9)15(17)18/h3-4,7H,2,6H2,1H3. The summed E-state index contributed by atoms with van der Waals surface area (Å²) < 4.78 is 12.9. The quantitative estimate of drug-likeness (QED) is 0.602. The minimum atomic E-state index is -0.811. The zero-order chi connectivity index (χ0) is 13.7. The van der Waals surface area contributed by atoms with E-state index < -0.39 is 22.3 Å². The van der Waals surface area contributed by atoms with Gasteiger partial charge in [0.2, 0.25) is 0 Å². The highest BCUT2D eigenvalue weighted by Gasteiger charge is 2.23. The van der Waals surface area contributed by atoms with Crippen molar-refractivity contribution < 1.29 is 14.1 Å². The van der Waals surface area contributed by atoms with Crippen LogP contribution in [0.2, 0.25) is 0 Å². The van der Waals surface area contributed by atoms with Crippen molar-refractivity contribution in [2.45, 2.75) is 6.42 Å². The number of nitro benzene ring substituents is 1. The molecule has 1 amide bonds. The minimum absolute atomic E-state index is 0.122. The second-order valence-electron chi connectivity index (χ2n) is 3.55. The Balaban J connectivity index is 3.06. The van der Waals surface area contributed by atoms with E-state index in [0.29, 0.717) is 6.07 Å². The molecule has 94 valence electrons. The molecule has 0 atom stereocenters. The molecule has 1 rings (SSSR count). The van der Waals surface area contributed by atoms with E-state index in [9.17, 15) is 19.3 Å². The molecule has 0 saturated carbocycles. The third kappa shape index (κ3) is 3.01. The van der Waals surface area contributed by atoms with Crippen molar-refractivity contribution in [1.29, 1.82) is 5.26 Å². The average Bonchev–Trinajstić information content (AvgIpc) is 2.34. The van der Waals surface area contributed by atoms with Crippen LogP contribution in [-0.2, 0) is 0 Å². The van der Waals surface area contributed by atoms with Crippen LogP contribution in [0.25, 0.3) is 0 Å². The van der Waals surface area contributed by atoms with Gasteiger partial charge in [0.25, 0.3) is 11.6 Å². The zero-order valence-electron chi connectivity index (χ0n) is 9.59. The Labute approximate surface area is 102 Å². The van der Waals surface area contributed by atoms with Crippen LogP contribution in [0.15, 0.2) is 18.2 Å². The lowest BCUT2D eigenvalue weighted by molar-refractivity contribution is -0.385. The maximum atomic E-state index is 12.9. The van der Waals surface area contributed by atoms with Gasteiger partial charge < -0.3 is 4.90 Å². The Morgan fingerprint density at radius 2 is 2.28 bits per heavy atom. The van der Waals surface area contributed by atoms with Gasteiger partial charge in [-0.25, -0.2) is 4.39 Å². The highest BCUT2D eigenvalue weighted by molar-refractivity contribution is 5.98. The van der Waals surface area contributed by atoms with Crippen molar-refractivity contribution in [3.05, 3.63) is 39.7 Å². The Morgan fingerprint density at radius 1 is 1.61 bits per heavy atom. The molecule has 0 spiro atoms. The zero-order valence-corrected chi connectivity index (χ0v) is 9.59. The molecule has 0 radical (unpaired) electrons. The third-order valence-corrected chi connectivity index (χ3v) is 2.29. The number of carbonyl (C=O) groups is 1. The van der Waals surface area contributed by atoms with E-state index in [1.54, 1.807) is 0 Å². The number of nitro groups is 1. The Kier molecular flexibility index (Phi) is 4.32. The summed E-state index contributed by atoms with van der Waals surface area (Å²) in [4.78, 5) is 23.0. The van der Waals surface area contributed by atoms with Crippen LogP contribution >= 0.6 is 0 Å². The number of hydrogen-bond donors (Lipinski definition) is 0. The first kappa shape index (κ1) is 13.6. The summed E-state index contributed by atoms with van der Waals surface area (Å²) >= 11 is 0. The van der Waals surface area contributed by atoms with Gasteiger partial charge in [0.1, 0.15) is 11.4 Å². The largest absolute Gasteiger partial charge is 0.340 e. The van der Waals surface area contributed by atoms with Gasteiger partial charge in [-0.15, -0.1) is 0 Å². The smallest absolute Gasteiger partial charge is 0.285 e. The maximum absolute atomic E-state index is 12.9. The van der Waals surface area contributed by atoms with Gasteiger partial charge in [-0.3, -0.25) is 14.9 Å². The summed E-state index contributed by atoms with van der Waals surface area (Å²) in [6.07, 6.45) is 0.122. The van der Waals surface area contributed by atoms with Gasteiger partial charge in [-0.1, -0.05) is 0 Å². The van der Waals surface area contributed by atoms with Crippen LogP contribution in [0, 0.1) is 27.3 Å². The van der Waals surface area contributed by atoms with Gasteiger partial charge in [0, 0.05) is 13.6 Å². The minimum Gasteiger partial charge on any atom is -0.340 e. The number of rotatable bonds is 4. The number of amides is 1. The fraction of sp³-hybridized carbons (Fsp3) is 0.273. The molecule has 7 heteroatoms. The summed E-state index contributed by atoms with van der Waals surface area (Å²) in [5.74, 6) is -1.39. The first-order valence-corrected chi connectivity index (χ1v) is 5.03. The molecule has 1 aromatic carbocycles. The van der Waals surface area contributed by atoms with E-state index in [-0.39, 0.29) is 18.5 Å². The molecular weight excluding hydrogens is 241 g/mol. The Bertz CT molecular complexity index is 525. The first-order valence-electron chi connectivity index (χ1n) is 5.03. The fourth-order valence-electron chi connectivity index (χ4n) is 1.36. The third-order valence-electron chi connectivity index (χ3n) is 2.29. The van der Waals surface area contributed by atoms with E-state index in [4.69, 9.17) is 5.26 Å². The van der Waals surface area contributed by atoms with Crippen molar-refractivity contribution in [1.82, 2.24) is 4.90 Å². The van der Waals surface area contributed by atoms with Crippen molar-refractivity contribution >= 4 is 11.6 Å². The number of carbonyl (C=O) groups excluding carboxylic acids is 1.